The molecule has 0 atom stereocenters. The lowest BCUT2D eigenvalue weighted by Crippen LogP contribution is -1.95. The Hall–Kier alpha value is -1.51. The number of rotatable bonds is 2. The van der Waals surface area contributed by atoms with Gasteiger partial charge < -0.3 is 9.30 Å². The molecule has 15 heavy (non-hydrogen) atoms. The minimum Gasteiger partial charge on any atom is -0.496 e. The van der Waals surface area contributed by atoms with Crippen LogP contribution in [0.15, 0.2) is 18.2 Å². The first-order chi connectivity index (χ1) is 7.19. The van der Waals surface area contributed by atoms with E-state index < -0.39 is 0 Å². The maximum Gasteiger partial charge on any atom is 0.147 e. The summed E-state index contributed by atoms with van der Waals surface area (Å²) in [4.78, 5) is 0. The van der Waals surface area contributed by atoms with Gasteiger partial charge in [0.1, 0.15) is 11.6 Å². The first-order valence-corrected chi connectivity index (χ1v) is 4.99. The van der Waals surface area contributed by atoms with Crippen molar-refractivity contribution in [3.63, 3.8) is 0 Å². The Kier molecular flexibility index (Phi) is 2.39. The van der Waals surface area contributed by atoms with Gasteiger partial charge in [-0.25, -0.2) is 4.39 Å². The molecule has 0 saturated carbocycles. The molecule has 1 heterocycles. The Labute approximate surface area is 88.3 Å². The number of fused-ring (bicyclic) bond motifs is 1. The third-order valence-corrected chi connectivity index (χ3v) is 2.79. The quantitative estimate of drug-likeness (QED) is 0.738. The van der Waals surface area contributed by atoms with Crippen LogP contribution in [0.1, 0.15) is 12.6 Å². The molecular weight excluding hydrogens is 193 g/mol. The van der Waals surface area contributed by atoms with Crippen molar-refractivity contribution in [1.29, 1.82) is 0 Å². The summed E-state index contributed by atoms with van der Waals surface area (Å²) in [6.45, 7) is 2.05. The molecule has 3 heteroatoms. The van der Waals surface area contributed by atoms with E-state index in [-0.39, 0.29) is 5.82 Å². The van der Waals surface area contributed by atoms with Crippen LogP contribution in [-0.4, -0.2) is 11.7 Å². The molecule has 1 aromatic carbocycles. The molecule has 0 radical (unpaired) electrons. The van der Waals surface area contributed by atoms with Crippen LogP contribution < -0.4 is 4.74 Å². The Bertz CT molecular complexity index is 502. The number of nitrogens with zero attached hydrogens (tertiary/aromatic N) is 1. The predicted octanol–water partition coefficient (Wildman–Crippen LogP) is 2.89. The van der Waals surface area contributed by atoms with Gasteiger partial charge in [0.2, 0.25) is 0 Å². The third kappa shape index (κ3) is 1.39. The average molecular weight is 207 g/mol. The van der Waals surface area contributed by atoms with Gasteiger partial charge in [0.05, 0.1) is 12.6 Å². The highest BCUT2D eigenvalue weighted by Crippen LogP contribution is 2.30. The Balaban J connectivity index is 2.85. The third-order valence-electron chi connectivity index (χ3n) is 2.79. The van der Waals surface area contributed by atoms with Gasteiger partial charge in [0, 0.05) is 18.1 Å². The van der Waals surface area contributed by atoms with E-state index in [9.17, 15) is 4.39 Å². The molecule has 2 aromatic rings. The summed E-state index contributed by atoms with van der Waals surface area (Å²) < 4.78 is 20.7. The van der Waals surface area contributed by atoms with Crippen LogP contribution in [0.4, 0.5) is 4.39 Å². The topological polar surface area (TPSA) is 14.2 Å². The molecule has 0 fully saturated rings. The van der Waals surface area contributed by atoms with E-state index in [0.29, 0.717) is 5.52 Å². The lowest BCUT2D eigenvalue weighted by molar-refractivity contribution is 0.419. The molecule has 2 nitrogen and oxygen atoms in total. The van der Waals surface area contributed by atoms with E-state index in [1.165, 1.54) is 6.07 Å². The van der Waals surface area contributed by atoms with Gasteiger partial charge in [-0.15, -0.1) is 0 Å². The second kappa shape index (κ2) is 3.57. The lowest BCUT2D eigenvalue weighted by Gasteiger charge is -2.04. The van der Waals surface area contributed by atoms with Crippen LogP contribution in [0.25, 0.3) is 10.9 Å². The zero-order valence-electron chi connectivity index (χ0n) is 9.17. The number of methoxy groups -OCH3 is 1. The van der Waals surface area contributed by atoms with E-state index in [4.69, 9.17) is 4.74 Å². The highest BCUT2D eigenvalue weighted by Gasteiger charge is 2.12. The zero-order chi connectivity index (χ0) is 11.0. The second-order valence-corrected chi connectivity index (χ2v) is 3.56. The molecule has 0 spiro atoms. The largest absolute Gasteiger partial charge is 0.496 e. The van der Waals surface area contributed by atoms with Crippen molar-refractivity contribution in [3.8, 4) is 5.75 Å². The van der Waals surface area contributed by atoms with Crippen LogP contribution in [0.3, 0.4) is 0 Å². The van der Waals surface area contributed by atoms with Gasteiger partial charge in [0.15, 0.2) is 0 Å². The van der Waals surface area contributed by atoms with Crippen LogP contribution in [0.2, 0.25) is 0 Å². The van der Waals surface area contributed by atoms with E-state index in [2.05, 4.69) is 6.92 Å². The number of aromatic nitrogens is 1. The molecule has 2 rings (SSSR count). The standard InChI is InChI=1S/C12H14FNO/c1-4-8-7-9-11(15-3)6-5-10(13)12(9)14(8)2/h5-7H,4H2,1-3H3. The maximum absolute atomic E-state index is 13.6. The number of aryl methyl sites for hydroxylation is 2. The Morgan fingerprint density at radius 3 is 2.73 bits per heavy atom. The molecule has 0 aliphatic rings. The number of hydrogen-bond acceptors (Lipinski definition) is 1. The molecule has 0 saturated heterocycles. The second-order valence-electron chi connectivity index (χ2n) is 3.56. The first-order valence-electron chi connectivity index (χ1n) is 4.99. The van der Waals surface area contributed by atoms with E-state index >= 15 is 0 Å². The van der Waals surface area contributed by atoms with Crippen LogP contribution in [0.5, 0.6) is 5.75 Å². The van der Waals surface area contributed by atoms with Gasteiger partial charge in [-0.2, -0.15) is 0 Å². The van der Waals surface area contributed by atoms with Gasteiger partial charge in [-0.05, 0) is 24.6 Å². The molecule has 0 aliphatic heterocycles. The van der Waals surface area contributed by atoms with Crippen LogP contribution in [-0.2, 0) is 13.5 Å². The van der Waals surface area contributed by atoms with Crippen molar-refractivity contribution >= 4 is 10.9 Å². The Morgan fingerprint density at radius 1 is 1.40 bits per heavy atom. The zero-order valence-corrected chi connectivity index (χ0v) is 9.17. The molecule has 0 N–H and O–H groups in total. The average Bonchev–Trinajstić information content (AvgIpc) is 2.57. The summed E-state index contributed by atoms with van der Waals surface area (Å²) in [5.41, 5.74) is 1.72. The SMILES string of the molecule is CCc1cc2c(OC)ccc(F)c2n1C. The minimum absolute atomic E-state index is 0.201. The van der Waals surface area contributed by atoms with Gasteiger partial charge in [0.25, 0.3) is 0 Å². The van der Waals surface area contributed by atoms with E-state index in [1.807, 2.05) is 17.7 Å². The summed E-state index contributed by atoms with van der Waals surface area (Å²) in [5.74, 6) is 0.523. The first kappa shape index (κ1) is 10.0. The van der Waals surface area contributed by atoms with Gasteiger partial charge in [-0.3, -0.25) is 0 Å². The van der Waals surface area contributed by atoms with Crippen molar-refractivity contribution in [2.24, 2.45) is 7.05 Å². The van der Waals surface area contributed by atoms with Crippen molar-refractivity contribution < 1.29 is 9.13 Å². The van der Waals surface area contributed by atoms with E-state index in [0.717, 1.165) is 23.3 Å². The van der Waals surface area contributed by atoms with Gasteiger partial charge >= 0.3 is 0 Å². The molecule has 0 aliphatic carbocycles. The van der Waals surface area contributed by atoms with Crippen molar-refractivity contribution in [2.45, 2.75) is 13.3 Å². The highest BCUT2D eigenvalue weighted by molar-refractivity contribution is 5.88. The Morgan fingerprint density at radius 2 is 2.13 bits per heavy atom. The normalized spacial score (nSPS) is 10.9. The van der Waals surface area contributed by atoms with Crippen molar-refractivity contribution in [2.75, 3.05) is 7.11 Å². The lowest BCUT2D eigenvalue weighted by atomic mass is 10.2. The highest BCUT2D eigenvalue weighted by atomic mass is 19.1. The summed E-state index contributed by atoms with van der Waals surface area (Å²) in [7, 11) is 3.48. The molecule has 0 unspecified atom stereocenters. The maximum atomic E-state index is 13.6. The molecule has 0 bridgehead atoms. The fourth-order valence-electron chi connectivity index (χ4n) is 1.97. The number of halogens is 1. The van der Waals surface area contributed by atoms with E-state index in [1.54, 1.807) is 13.2 Å². The molecule has 80 valence electrons. The van der Waals surface area contributed by atoms with Gasteiger partial charge in [-0.1, -0.05) is 6.92 Å². The minimum atomic E-state index is -0.201. The summed E-state index contributed by atoms with van der Waals surface area (Å²) in [5, 5.41) is 0.844. The fourth-order valence-corrected chi connectivity index (χ4v) is 1.97. The smallest absolute Gasteiger partial charge is 0.147 e. The monoisotopic (exact) mass is 207 g/mol. The van der Waals surface area contributed by atoms with Crippen LogP contribution in [0, 0.1) is 5.82 Å². The van der Waals surface area contributed by atoms with Crippen molar-refractivity contribution in [3.05, 3.63) is 29.7 Å². The molecule has 0 amide bonds. The summed E-state index contributed by atoms with van der Waals surface area (Å²) in [6.07, 6.45) is 0.883. The number of hydrogen-bond donors (Lipinski definition) is 0. The fraction of sp³-hybridized carbons (Fsp3) is 0.333. The molecule has 1 aromatic heterocycles. The molecular formula is C12H14FNO. The number of ether oxygens (including phenoxy) is 1. The van der Waals surface area contributed by atoms with Crippen molar-refractivity contribution in [1.82, 2.24) is 4.57 Å². The van der Waals surface area contributed by atoms with Crippen LogP contribution >= 0.6 is 0 Å². The summed E-state index contributed by atoms with van der Waals surface area (Å²) in [6, 6.07) is 5.09. The predicted molar refractivity (Wildman–Crippen MR) is 58.8 cm³/mol. The summed E-state index contributed by atoms with van der Waals surface area (Å²) >= 11 is 0. The number of benzene rings is 1.